The summed E-state index contributed by atoms with van der Waals surface area (Å²) >= 11 is 0. The molecule has 2 atom stereocenters. The van der Waals surface area contributed by atoms with Gasteiger partial charge >= 0.3 is 0 Å². The van der Waals surface area contributed by atoms with Crippen LogP contribution in [-0.4, -0.2) is 15.7 Å². The summed E-state index contributed by atoms with van der Waals surface area (Å²) in [4.78, 5) is 16.5. The summed E-state index contributed by atoms with van der Waals surface area (Å²) in [5, 5.41) is 0. The second-order valence-corrected chi connectivity index (χ2v) is 5.81. The van der Waals surface area contributed by atoms with Gasteiger partial charge in [0.15, 0.2) is 0 Å². The van der Waals surface area contributed by atoms with Gasteiger partial charge in [-0.1, -0.05) is 0 Å². The zero-order chi connectivity index (χ0) is 7.71. The SMILES string of the molecule is NP(=O)(O)CP(N)(=O)O. The Bertz CT molecular complexity index is 157. The van der Waals surface area contributed by atoms with Gasteiger partial charge in [0.25, 0.3) is 15.0 Å². The fourth-order valence-corrected chi connectivity index (χ4v) is 2.61. The highest BCUT2D eigenvalue weighted by Crippen LogP contribution is 2.46. The molecule has 0 amide bonds. The molecule has 0 saturated heterocycles. The van der Waals surface area contributed by atoms with Gasteiger partial charge in [0.1, 0.15) is 5.90 Å². The lowest BCUT2D eigenvalue weighted by molar-refractivity contribution is 0.467. The van der Waals surface area contributed by atoms with Gasteiger partial charge in [0.2, 0.25) is 0 Å². The summed E-state index contributed by atoms with van der Waals surface area (Å²) in [6.45, 7) is 0. The van der Waals surface area contributed by atoms with Gasteiger partial charge in [-0.25, -0.2) is 0 Å². The van der Waals surface area contributed by atoms with E-state index in [0.717, 1.165) is 0 Å². The average molecular weight is 174 g/mol. The second-order valence-electron chi connectivity index (χ2n) is 1.65. The van der Waals surface area contributed by atoms with Crippen LogP contribution in [-0.2, 0) is 9.13 Å². The summed E-state index contributed by atoms with van der Waals surface area (Å²) in [6, 6.07) is 0. The van der Waals surface area contributed by atoms with Crippen molar-refractivity contribution in [1.82, 2.24) is 0 Å². The van der Waals surface area contributed by atoms with Gasteiger partial charge in [-0.05, 0) is 0 Å². The van der Waals surface area contributed by atoms with Crippen LogP contribution < -0.4 is 11.0 Å². The molecule has 6 nitrogen and oxygen atoms in total. The van der Waals surface area contributed by atoms with Crippen molar-refractivity contribution in [3.8, 4) is 0 Å². The highest BCUT2D eigenvalue weighted by atomic mass is 31.2. The van der Waals surface area contributed by atoms with E-state index in [4.69, 9.17) is 9.79 Å². The Labute approximate surface area is 51.9 Å². The summed E-state index contributed by atoms with van der Waals surface area (Å²) in [6.07, 6.45) is 0. The van der Waals surface area contributed by atoms with Gasteiger partial charge in [0, 0.05) is 0 Å². The topological polar surface area (TPSA) is 127 Å². The van der Waals surface area contributed by atoms with Crippen LogP contribution in [0.15, 0.2) is 0 Å². The zero-order valence-electron chi connectivity index (χ0n) is 4.47. The van der Waals surface area contributed by atoms with Crippen molar-refractivity contribution in [2.45, 2.75) is 0 Å². The third-order valence-corrected chi connectivity index (χ3v) is 3.65. The highest BCUT2D eigenvalue weighted by Gasteiger charge is 2.23. The van der Waals surface area contributed by atoms with Gasteiger partial charge in [0.05, 0.1) is 0 Å². The largest absolute Gasteiger partial charge is 0.333 e. The monoisotopic (exact) mass is 174 g/mol. The smallest absolute Gasteiger partial charge is 0.275 e. The van der Waals surface area contributed by atoms with E-state index in [0.29, 0.717) is 0 Å². The van der Waals surface area contributed by atoms with Crippen LogP contribution in [0.5, 0.6) is 0 Å². The van der Waals surface area contributed by atoms with Gasteiger partial charge in [-0.3, -0.25) is 20.1 Å². The fourth-order valence-electron chi connectivity index (χ4n) is 0.290. The van der Waals surface area contributed by atoms with Gasteiger partial charge in [-0.15, -0.1) is 0 Å². The number of hydrogen-bond acceptors (Lipinski definition) is 2. The van der Waals surface area contributed by atoms with E-state index in [1.165, 1.54) is 0 Å². The summed E-state index contributed by atoms with van der Waals surface area (Å²) < 4.78 is 20.3. The van der Waals surface area contributed by atoms with E-state index in [1.807, 2.05) is 0 Å². The summed E-state index contributed by atoms with van der Waals surface area (Å²) in [7, 11) is -7.85. The van der Waals surface area contributed by atoms with E-state index in [2.05, 4.69) is 11.0 Å². The average Bonchev–Trinajstić information content (AvgIpc) is 1.14. The van der Waals surface area contributed by atoms with Crippen molar-refractivity contribution < 1.29 is 18.9 Å². The molecule has 0 radical (unpaired) electrons. The maximum atomic E-state index is 10.2. The van der Waals surface area contributed by atoms with Crippen molar-refractivity contribution in [2.24, 2.45) is 11.0 Å². The first-order valence-electron chi connectivity index (χ1n) is 1.91. The molecule has 0 aliphatic heterocycles. The first-order valence-corrected chi connectivity index (χ1v) is 5.74. The Morgan fingerprint density at radius 2 is 1.33 bits per heavy atom. The van der Waals surface area contributed by atoms with Crippen molar-refractivity contribution >= 4 is 15.0 Å². The van der Waals surface area contributed by atoms with E-state index in [-0.39, 0.29) is 0 Å². The van der Waals surface area contributed by atoms with Crippen molar-refractivity contribution in [1.29, 1.82) is 0 Å². The standard InChI is InChI=1S/CH8N2O4P2/c2-8(4,5)1-9(3,6)7/h1H2,(H3,2,4,5)(H3,3,6,7). The molecule has 56 valence electrons. The van der Waals surface area contributed by atoms with Crippen LogP contribution in [0.1, 0.15) is 0 Å². The van der Waals surface area contributed by atoms with E-state index >= 15 is 0 Å². The fraction of sp³-hybridized carbons (Fsp3) is 1.00. The van der Waals surface area contributed by atoms with E-state index < -0.39 is 20.9 Å². The quantitative estimate of drug-likeness (QED) is 0.407. The number of rotatable bonds is 2. The molecule has 8 heteroatoms. The highest BCUT2D eigenvalue weighted by molar-refractivity contribution is 7.72. The first-order chi connectivity index (χ1) is 3.71. The Morgan fingerprint density at radius 1 is 1.11 bits per heavy atom. The third-order valence-electron chi connectivity index (χ3n) is 0.405. The lowest BCUT2D eigenvalue weighted by Gasteiger charge is -2.05. The minimum Gasteiger partial charge on any atom is -0.333 e. The molecule has 0 saturated carbocycles. The molecular weight excluding hydrogens is 166 g/mol. The molecule has 6 N–H and O–H groups in total. The molecule has 2 unspecified atom stereocenters. The molecule has 0 aliphatic rings. The van der Waals surface area contributed by atoms with Crippen molar-refractivity contribution in [3.05, 3.63) is 0 Å². The third kappa shape index (κ3) is 8.30. The van der Waals surface area contributed by atoms with Crippen molar-refractivity contribution in [3.63, 3.8) is 0 Å². The van der Waals surface area contributed by atoms with Crippen molar-refractivity contribution in [2.75, 3.05) is 5.90 Å². The molecule has 0 rings (SSSR count). The maximum absolute atomic E-state index is 10.2. The predicted octanol–water partition coefficient (Wildman–Crippen LogP) is -0.768. The summed E-state index contributed by atoms with van der Waals surface area (Å²) in [5.41, 5.74) is 9.04. The lowest BCUT2D eigenvalue weighted by atomic mass is 11.9. The summed E-state index contributed by atoms with van der Waals surface area (Å²) in [5.74, 6) is -0.931. The van der Waals surface area contributed by atoms with Crippen LogP contribution in [0.4, 0.5) is 0 Å². The molecule has 9 heavy (non-hydrogen) atoms. The van der Waals surface area contributed by atoms with Crippen LogP contribution in [0.3, 0.4) is 0 Å². The zero-order valence-corrected chi connectivity index (χ0v) is 6.26. The normalized spacial score (nSPS) is 24.4. The Kier molecular flexibility index (Phi) is 2.58. The Balaban J connectivity index is 4.07. The van der Waals surface area contributed by atoms with Crippen LogP contribution in [0.2, 0.25) is 0 Å². The lowest BCUT2D eigenvalue weighted by Crippen LogP contribution is -2.04. The molecule has 0 aromatic carbocycles. The molecule has 0 heterocycles. The number of nitrogens with two attached hydrogens (primary N) is 2. The number of hydrogen-bond donors (Lipinski definition) is 4. The molecule has 0 aliphatic carbocycles. The minimum atomic E-state index is -3.93. The molecule has 0 bridgehead atoms. The van der Waals surface area contributed by atoms with E-state index in [9.17, 15) is 9.13 Å². The second kappa shape index (κ2) is 2.50. The Hall–Kier alpha value is 0.300. The van der Waals surface area contributed by atoms with Gasteiger partial charge in [-0.2, -0.15) is 0 Å². The van der Waals surface area contributed by atoms with E-state index in [1.54, 1.807) is 0 Å². The van der Waals surface area contributed by atoms with Crippen LogP contribution >= 0.6 is 15.0 Å². The predicted molar refractivity (Wildman–Crippen MR) is 32.9 cm³/mol. The Morgan fingerprint density at radius 3 is 1.33 bits per heavy atom. The maximum Gasteiger partial charge on any atom is 0.275 e. The van der Waals surface area contributed by atoms with Gasteiger partial charge < -0.3 is 9.79 Å². The first kappa shape index (κ1) is 9.30. The minimum absolute atomic E-state index is 0.931. The molecule has 0 aromatic heterocycles. The van der Waals surface area contributed by atoms with Crippen LogP contribution in [0, 0.1) is 0 Å². The molecular formula is CH8N2O4P2. The molecule has 0 aromatic rings. The van der Waals surface area contributed by atoms with Crippen LogP contribution in [0.25, 0.3) is 0 Å². The molecule has 0 spiro atoms. The molecule has 0 fully saturated rings.